The number of nitrogens with one attached hydrogen (secondary N) is 2. The number of esters is 1. The lowest BCUT2D eigenvalue weighted by Crippen LogP contribution is -2.58. The normalized spacial score (nSPS) is 21.9. The summed E-state index contributed by atoms with van der Waals surface area (Å²) < 4.78 is 16.1. The average Bonchev–Trinajstić information content (AvgIpc) is 2.71. The third-order valence-electron chi connectivity index (χ3n) is 4.64. The molecule has 0 aromatic carbocycles. The molecule has 0 aliphatic carbocycles. The molecule has 1 unspecified atom stereocenters. The topological polar surface area (TPSA) is 157 Å². The summed E-state index contributed by atoms with van der Waals surface area (Å²) in [4.78, 5) is 58.0. The summed E-state index contributed by atoms with van der Waals surface area (Å²) in [5.41, 5.74) is -0.646. The standard InChI is InChI=1S/C20H32N2O9S/c1-19(2)12-30-20(3,11-15(26)29-4)31-17(19)18(28)22-8-7-13(23)21-9-10-32-16(27)6-5-14(24)25/h17H,5-12H2,1-4H3,(H,21,23)(H,22,28)(H,24,25)/t17-,20?/m0/s1. The number of ether oxygens (including phenoxy) is 3. The lowest BCUT2D eigenvalue weighted by atomic mass is 9.85. The van der Waals surface area contributed by atoms with Crippen LogP contribution < -0.4 is 10.6 Å². The molecule has 1 fully saturated rings. The Bertz CT molecular complexity index is 713. The summed E-state index contributed by atoms with van der Waals surface area (Å²) in [7, 11) is 1.25. The Hall–Kier alpha value is -2.18. The zero-order valence-corrected chi connectivity index (χ0v) is 19.7. The summed E-state index contributed by atoms with van der Waals surface area (Å²) in [6.45, 7) is 5.70. The summed E-state index contributed by atoms with van der Waals surface area (Å²) in [6, 6.07) is 0. The van der Waals surface area contributed by atoms with Crippen LogP contribution in [0.2, 0.25) is 0 Å². The van der Waals surface area contributed by atoms with Gasteiger partial charge in [-0.25, -0.2) is 0 Å². The molecule has 0 aromatic rings. The predicted molar refractivity (Wildman–Crippen MR) is 115 cm³/mol. The molecule has 182 valence electrons. The molecule has 12 heteroatoms. The average molecular weight is 477 g/mol. The largest absolute Gasteiger partial charge is 0.481 e. The second kappa shape index (κ2) is 12.8. The fraction of sp³-hybridized carbons (Fsp3) is 0.750. The van der Waals surface area contributed by atoms with Crippen LogP contribution in [0.4, 0.5) is 0 Å². The number of carbonyl (C=O) groups is 5. The van der Waals surface area contributed by atoms with Crippen LogP contribution >= 0.6 is 11.8 Å². The van der Waals surface area contributed by atoms with Crippen LogP contribution in [0, 0.1) is 5.41 Å². The fourth-order valence-corrected chi connectivity index (χ4v) is 3.49. The smallest absolute Gasteiger partial charge is 0.310 e. The molecule has 32 heavy (non-hydrogen) atoms. The Morgan fingerprint density at radius 1 is 1.06 bits per heavy atom. The Morgan fingerprint density at radius 3 is 2.38 bits per heavy atom. The first-order valence-electron chi connectivity index (χ1n) is 10.2. The molecule has 0 bridgehead atoms. The summed E-state index contributed by atoms with van der Waals surface area (Å²) in [5.74, 6) is -3.23. The van der Waals surface area contributed by atoms with Gasteiger partial charge in [0.15, 0.2) is 10.9 Å². The van der Waals surface area contributed by atoms with Crippen molar-refractivity contribution < 1.29 is 43.3 Å². The molecule has 0 spiro atoms. The van der Waals surface area contributed by atoms with Crippen LogP contribution in [-0.4, -0.2) is 78.4 Å². The van der Waals surface area contributed by atoms with Gasteiger partial charge in [-0.05, 0) is 6.92 Å². The molecule has 1 aliphatic heterocycles. The molecule has 1 rings (SSSR count). The summed E-state index contributed by atoms with van der Waals surface area (Å²) in [5, 5.41) is 13.6. The summed E-state index contributed by atoms with van der Waals surface area (Å²) in [6.07, 6.45) is -1.28. The van der Waals surface area contributed by atoms with Crippen LogP contribution in [0.1, 0.15) is 46.5 Å². The molecule has 1 heterocycles. The number of amides is 2. The lowest BCUT2D eigenvalue weighted by molar-refractivity contribution is -0.313. The van der Waals surface area contributed by atoms with Gasteiger partial charge >= 0.3 is 11.9 Å². The van der Waals surface area contributed by atoms with Gasteiger partial charge in [0.05, 0.1) is 26.6 Å². The molecular weight excluding hydrogens is 444 g/mol. The highest BCUT2D eigenvalue weighted by Crippen LogP contribution is 2.36. The number of hydrogen-bond donors (Lipinski definition) is 3. The van der Waals surface area contributed by atoms with Crippen molar-refractivity contribution in [1.29, 1.82) is 0 Å². The number of methoxy groups -OCH3 is 1. The van der Waals surface area contributed by atoms with E-state index in [1.165, 1.54) is 7.11 Å². The number of thioether (sulfide) groups is 1. The van der Waals surface area contributed by atoms with E-state index in [2.05, 4.69) is 15.4 Å². The zero-order chi connectivity index (χ0) is 24.4. The lowest BCUT2D eigenvalue weighted by Gasteiger charge is -2.45. The Labute approximate surface area is 191 Å². The maximum absolute atomic E-state index is 12.7. The van der Waals surface area contributed by atoms with E-state index in [0.29, 0.717) is 5.75 Å². The van der Waals surface area contributed by atoms with Gasteiger partial charge in [0.1, 0.15) is 6.10 Å². The molecular formula is C20H32N2O9S. The van der Waals surface area contributed by atoms with Crippen molar-refractivity contribution >= 4 is 40.6 Å². The van der Waals surface area contributed by atoms with E-state index >= 15 is 0 Å². The second-order valence-electron chi connectivity index (χ2n) is 8.17. The predicted octanol–water partition coefficient (Wildman–Crippen LogP) is 0.454. The SMILES string of the molecule is COC(=O)CC1(C)OCC(C)(C)[C@H](C(=O)NCCC(=O)NCCSC(=O)CCC(=O)O)O1. The molecule has 11 nitrogen and oxygen atoms in total. The molecule has 3 N–H and O–H groups in total. The van der Waals surface area contributed by atoms with Crippen molar-refractivity contribution in [3.05, 3.63) is 0 Å². The van der Waals surface area contributed by atoms with Crippen LogP contribution in [0.25, 0.3) is 0 Å². The first-order valence-corrected chi connectivity index (χ1v) is 11.2. The molecule has 1 saturated heterocycles. The van der Waals surface area contributed by atoms with Gasteiger partial charge in [0.25, 0.3) is 0 Å². The Morgan fingerprint density at radius 2 is 1.75 bits per heavy atom. The molecule has 0 aromatic heterocycles. The Kier molecular flexibility index (Phi) is 11.1. The van der Waals surface area contributed by atoms with Gasteiger partial charge in [-0.1, -0.05) is 25.6 Å². The quantitative estimate of drug-likeness (QED) is 0.267. The number of hydrogen-bond acceptors (Lipinski definition) is 9. The minimum Gasteiger partial charge on any atom is -0.481 e. The minimum absolute atomic E-state index is 0.0342. The number of carboxylic acids is 1. The number of rotatable bonds is 12. The molecule has 2 amide bonds. The number of aliphatic carboxylic acids is 1. The van der Waals surface area contributed by atoms with Crippen LogP contribution in [0.5, 0.6) is 0 Å². The third kappa shape index (κ3) is 9.96. The van der Waals surface area contributed by atoms with Crippen molar-refractivity contribution in [2.75, 3.05) is 32.6 Å². The van der Waals surface area contributed by atoms with Crippen molar-refractivity contribution in [1.82, 2.24) is 10.6 Å². The van der Waals surface area contributed by atoms with Crippen LogP contribution in [0.3, 0.4) is 0 Å². The van der Waals surface area contributed by atoms with Crippen molar-refractivity contribution in [3.8, 4) is 0 Å². The van der Waals surface area contributed by atoms with Crippen molar-refractivity contribution in [2.45, 2.75) is 58.3 Å². The van der Waals surface area contributed by atoms with E-state index in [0.717, 1.165) is 11.8 Å². The van der Waals surface area contributed by atoms with E-state index < -0.39 is 35.2 Å². The van der Waals surface area contributed by atoms with Crippen LogP contribution in [0.15, 0.2) is 0 Å². The number of carbonyl (C=O) groups excluding carboxylic acids is 4. The van der Waals surface area contributed by atoms with Crippen molar-refractivity contribution in [2.24, 2.45) is 5.41 Å². The maximum atomic E-state index is 12.7. The van der Waals surface area contributed by atoms with Crippen molar-refractivity contribution in [3.63, 3.8) is 0 Å². The zero-order valence-electron chi connectivity index (χ0n) is 18.9. The number of carboxylic acid groups (broad SMARTS) is 1. The monoisotopic (exact) mass is 476 g/mol. The Balaban J connectivity index is 2.37. The first-order chi connectivity index (χ1) is 14.9. The van der Waals surface area contributed by atoms with E-state index in [-0.39, 0.29) is 56.4 Å². The van der Waals surface area contributed by atoms with Gasteiger partial charge in [-0.15, -0.1) is 0 Å². The highest BCUT2D eigenvalue weighted by atomic mass is 32.2. The van der Waals surface area contributed by atoms with E-state index in [1.54, 1.807) is 20.8 Å². The molecule has 0 saturated carbocycles. The van der Waals surface area contributed by atoms with Gasteiger partial charge in [-0.3, -0.25) is 24.0 Å². The highest BCUT2D eigenvalue weighted by molar-refractivity contribution is 8.13. The van der Waals surface area contributed by atoms with Gasteiger partial charge in [0.2, 0.25) is 11.8 Å². The third-order valence-corrected chi connectivity index (χ3v) is 5.57. The van der Waals surface area contributed by atoms with E-state index in [4.69, 9.17) is 14.6 Å². The molecule has 0 radical (unpaired) electrons. The van der Waals surface area contributed by atoms with E-state index in [1.807, 2.05) is 0 Å². The summed E-state index contributed by atoms with van der Waals surface area (Å²) >= 11 is 0.965. The molecule has 2 atom stereocenters. The second-order valence-corrected chi connectivity index (χ2v) is 9.32. The molecule has 1 aliphatic rings. The van der Waals surface area contributed by atoms with Gasteiger partial charge in [-0.2, -0.15) is 0 Å². The fourth-order valence-electron chi connectivity index (χ4n) is 2.81. The highest BCUT2D eigenvalue weighted by Gasteiger charge is 2.48. The minimum atomic E-state index is -1.29. The van der Waals surface area contributed by atoms with Gasteiger partial charge in [0, 0.05) is 37.1 Å². The van der Waals surface area contributed by atoms with E-state index in [9.17, 15) is 24.0 Å². The van der Waals surface area contributed by atoms with Gasteiger partial charge < -0.3 is 30.0 Å². The maximum Gasteiger partial charge on any atom is 0.310 e. The van der Waals surface area contributed by atoms with Crippen LogP contribution in [-0.2, 0) is 38.2 Å². The first kappa shape index (κ1) is 27.9.